The van der Waals surface area contributed by atoms with Gasteiger partial charge in [-0.3, -0.25) is 14.4 Å². The minimum Gasteiger partial charge on any atom is -0.346 e. The van der Waals surface area contributed by atoms with Crippen LogP contribution in [0.25, 0.3) is 11.0 Å². The maximum absolute atomic E-state index is 14.0. The monoisotopic (exact) mass is 470 g/mol. The summed E-state index contributed by atoms with van der Waals surface area (Å²) in [6.07, 6.45) is 6.50. The molecular weight excluding hydrogens is 435 g/mol. The van der Waals surface area contributed by atoms with Crippen LogP contribution >= 0.6 is 0 Å². The van der Waals surface area contributed by atoms with E-state index in [1.807, 2.05) is 11.8 Å². The van der Waals surface area contributed by atoms with Crippen molar-refractivity contribution >= 4 is 28.6 Å². The molecule has 2 aromatic rings. The minimum absolute atomic E-state index is 0.0206. The molecule has 3 atom stereocenters. The molecule has 184 valence electrons. The van der Waals surface area contributed by atoms with Crippen LogP contribution in [0.4, 0.5) is 4.39 Å². The molecule has 0 spiro atoms. The van der Waals surface area contributed by atoms with E-state index in [1.165, 1.54) is 6.07 Å². The maximum Gasteiger partial charge on any atom is 0.225 e. The Hall–Kier alpha value is -2.77. The molecule has 2 amide bonds. The summed E-state index contributed by atoms with van der Waals surface area (Å²) < 4.78 is 14.0. The van der Waals surface area contributed by atoms with Crippen molar-refractivity contribution in [2.24, 2.45) is 5.92 Å². The van der Waals surface area contributed by atoms with Crippen molar-refractivity contribution in [3.8, 4) is 0 Å². The second kappa shape index (κ2) is 10.7. The Morgan fingerprint density at radius 1 is 1.21 bits per heavy atom. The fourth-order valence-electron chi connectivity index (χ4n) is 4.92. The number of imidazole rings is 1. The molecule has 1 aromatic heterocycles. The van der Waals surface area contributed by atoms with E-state index in [1.54, 1.807) is 12.1 Å². The second-order valence-electron chi connectivity index (χ2n) is 9.95. The molecule has 7 nitrogen and oxygen atoms in total. The van der Waals surface area contributed by atoms with Crippen molar-refractivity contribution in [1.82, 2.24) is 20.2 Å². The smallest absolute Gasteiger partial charge is 0.225 e. The number of amides is 2. The lowest BCUT2D eigenvalue weighted by Crippen LogP contribution is -2.49. The highest BCUT2D eigenvalue weighted by Gasteiger charge is 2.33. The van der Waals surface area contributed by atoms with Crippen LogP contribution in [0.2, 0.25) is 0 Å². The number of halogens is 1. The number of hydrogen-bond donors (Lipinski definition) is 2. The summed E-state index contributed by atoms with van der Waals surface area (Å²) in [4.78, 5) is 48.4. The lowest BCUT2D eigenvalue weighted by Gasteiger charge is -2.36. The van der Waals surface area contributed by atoms with E-state index in [4.69, 9.17) is 0 Å². The van der Waals surface area contributed by atoms with Crippen molar-refractivity contribution in [2.45, 2.75) is 89.6 Å². The van der Waals surface area contributed by atoms with Gasteiger partial charge in [-0.15, -0.1) is 0 Å². The van der Waals surface area contributed by atoms with Gasteiger partial charge in [0.25, 0.3) is 0 Å². The molecule has 1 saturated carbocycles. The van der Waals surface area contributed by atoms with Gasteiger partial charge in [-0.2, -0.15) is 0 Å². The van der Waals surface area contributed by atoms with Gasteiger partial charge in [-0.1, -0.05) is 19.9 Å². The number of fused-ring (bicyclic) bond motifs is 1. The van der Waals surface area contributed by atoms with Gasteiger partial charge in [-0.05, 0) is 56.6 Å². The average molecular weight is 471 g/mol. The highest BCUT2D eigenvalue weighted by Crippen LogP contribution is 2.32. The third-order valence-electron chi connectivity index (χ3n) is 7.15. The van der Waals surface area contributed by atoms with E-state index in [-0.39, 0.29) is 47.9 Å². The van der Waals surface area contributed by atoms with Crippen LogP contribution in [0.1, 0.15) is 83.4 Å². The van der Waals surface area contributed by atoms with E-state index in [0.717, 1.165) is 38.5 Å². The number of aromatic amines is 1. The number of carbonyl (C=O) groups excluding carboxylic acids is 3. The Morgan fingerprint density at radius 2 is 2.00 bits per heavy atom. The van der Waals surface area contributed by atoms with Crippen LogP contribution < -0.4 is 5.32 Å². The molecule has 2 aliphatic rings. The fourth-order valence-corrected chi connectivity index (χ4v) is 4.92. The summed E-state index contributed by atoms with van der Waals surface area (Å²) in [5, 5.41) is 2.86. The maximum atomic E-state index is 14.0. The lowest BCUT2D eigenvalue weighted by molar-refractivity contribution is -0.138. The molecular formula is C26H35FN4O3. The van der Waals surface area contributed by atoms with Crippen LogP contribution in [0, 0.1) is 11.7 Å². The Morgan fingerprint density at radius 3 is 2.71 bits per heavy atom. The Bertz CT molecular complexity index is 1050. The molecule has 1 aliphatic carbocycles. The number of benzene rings is 1. The van der Waals surface area contributed by atoms with Crippen molar-refractivity contribution in [3.63, 3.8) is 0 Å². The van der Waals surface area contributed by atoms with Crippen LogP contribution in [0.15, 0.2) is 18.2 Å². The number of H-pyrrole nitrogens is 1. The number of piperidine rings is 1. The molecule has 1 aliphatic heterocycles. The first-order valence-corrected chi connectivity index (χ1v) is 12.6. The SMILES string of the molecule is CC[C@H]1CCCCN1C(=O)C[C@H](NC(=O)CC1CC1)C(=O)C[C@@H](C)c1nc2c(F)cccc2[nH]1. The summed E-state index contributed by atoms with van der Waals surface area (Å²) in [6.45, 7) is 4.62. The molecule has 0 bridgehead atoms. The van der Waals surface area contributed by atoms with Gasteiger partial charge in [0.15, 0.2) is 11.6 Å². The molecule has 34 heavy (non-hydrogen) atoms. The van der Waals surface area contributed by atoms with Crippen molar-refractivity contribution < 1.29 is 18.8 Å². The van der Waals surface area contributed by atoms with E-state index < -0.39 is 11.9 Å². The molecule has 0 unspecified atom stereocenters. The quantitative estimate of drug-likeness (QED) is 0.543. The van der Waals surface area contributed by atoms with Gasteiger partial charge >= 0.3 is 0 Å². The molecule has 1 saturated heterocycles. The van der Waals surface area contributed by atoms with E-state index in [2.05, 4.69) is 22.2 Å². The number of nitrogens with zero attached hydrogens (tertiary/aromatic N) is 2. The number of carbonyl (C=O) groups is 3. The molecule has 1 aromatic carbocycles. The molecule has 2 heterocycles. The first kappa shape index (κ1) is 24.4. The molecule has 4 rings (SSSR count). The first-order chi connectivity index (χ1) is 16.4. The summed E-state index contributed by atoms with van der Waals surface area (Å²) in [5.41, 5.74) is 0.825. The zero-order valence-electron chi connectivity index (χ0n) is 20.1. The predicted octanol–water partition coefficient (Wildman–Crippen LogP) is 4.23. The number of aromatic nitrogens is 2. The van der Waals surface area contributed by atoms with Crippen molar-refractivity contribution in [3.05, 3.63) is 29.8 Å². The van der Waals surface area contributed by atoms with Crippen molar-refractivity contribution in [2.75, 3.05) is 6.54 Å². The predicted molar refractivity (Wildman–Crippen MR) is 128 cm³/mol. The summed E-state index contributed by atoms with van der Waals surface area (Å²) in [7, 11) is 0. The largest absolute Gasteiger partial charge is 0.346 e. The lowest BCUT2D eigenvalue weighted by atomic mass is 9.95. The minimum atomic E-state index is -0.859. The van der Waals surface area contributed by atoms with Crippen molar-refractivity contribution in [1.29, 1.82) is 0 Å². The fraction of sp³-hybridized carbons (Fsp3) is 0.615. The van der Waals surface area contributed by atoms with Gasteiger partial charge in [0.1, 0.15) is 11.3 Å². The number of Topliss-reactive ketones (excluding diaryl/α,β-unsaturated/α-hetero) is 1. The second-order valence-corrected chi connectivity index (χ2v) is 9.95. The Balaban J connectivity index is 1.46. The average Bonchev–Trinajstić information content (AvgIpc) is 3.51. The zero-order valence-corrected chi connectivity index (χ0v) is 20.1. The van der Waals surface area contributed by atoms with Crippen LogP contribution in [0.3, 0.4) is 0 Å². The number of hydrogen-bond acceptors (Lipinski definition) is 4. The topological polar surface area (TPSA) is 95.2 Å². The standard InChI is InChI=1S/C26H35FN4O3/c1-3-18-7-4-5-12-31(18)24(34)15-21(28-23(33)14-17-10-11-17)22(32)13-16(2)26-29-20-9-6-8-19(27)25(20)30-26/h6,8-9,16-18,21H,3-5,7,10-15H2,1-2H3,(H,28,33)(H,29,30)/t16-,18+,21+/m1/s1. The van der Waals surface area contributed by atoms with Gasteiger partial charge in [0, 0.05) is 31.3 Å². The summed E-state index contributed by atoms with van der Waals surface area (Å²) in [6, 6.07) is 4.04. The number of rotatable bonds is 10. The third kappa shape index (κ3) is 5.83. The van der Waals surface area contributed by atoms with Gasteiger partial charge in [0.05, 0.1) is 18.0 Å². The zero-order chi connectivity index (χ0) is 24.2. The summed E-state index contributed by atoms with van der Waals surface area (Å²) >= 11 is 0. The normalized spacial score (nSPS) is 20.2. The summed E-state index contributed by atoms with van der Waals surface area (Å²) in [5.74, 6) is -0.256. The van der Waals surface area contributed by atoms with Gasteiger partial charge in [0.2, 0.25) is 11.8 Å². The van der Waals surface area contributed by atoms with E-state index in [0.29, 0.717) is 30.2 Å². The van der Waals surface area contributed by atoms with E-state index in [9.17, 15) is 18.8 Å². The Labute approximate surface area is 199 Å². The first-order valence-electron chi connectivity index (χ1n) is 12.6. The van der Waals surface area contributed by atoms with Crippen LogP contribution in [-0.2, 0) is 14.4 Å². The molecule has 2 N–H and O–H groups in total. The molecule has 2 fully saturated rings. The highest BCUT2D eigenvalue weighted by atomic mass is 19.1. The third-order valence-corrected chi connectivity index (χ3v) is 7.15. The van der Waals surface area contributed by atoms with Gasteiger partial charge in [-0.25, -0.2) is 9.37 Å². The molecule has 0 radical (unpaired) electrons. The Kier molecular flexibility index (Phi) is 7.63. The van der Waals surface area contributed by atoms with Crippen LogP contribution in [-0.4, -0.2) is 51.1 Å². The number of ketones is 1. The van der Waals surface area contributed by atoms with Gasteiger partial charge < -0.3 is 15.2 Å². The number of para-hydroxylation sites is 1. The van der Waals surface area contributed by atoms with Crippen LogP contribution in [0.5, 0.6) is 0 Å². The number of nitrogens with one attached hydrogen (secondary N) is 2. The van der Waals surface area contributed by atoms with E-state index >= 15 is 0 Å². The number of likely N-dealkylation sites (tertiary alicyclic amines) is 1. The highest BCUT2D eigenvalue weighted by molar-refractivity contribution is 5.93. The molecule has 8 heteroatoms.